The van der Waals surface area contributed by atoms with Crippen LogP contribution in [0, 0.1) is 11.3 Å². The number of rotatable bonds is 1. The lowest BCUT2D eigenvalue weighted by atomic mass is 9.96. The quantitative estimate of drug-likeness (QED) is 0.836. The van der Waals surface area contributed by atoms with Gasteiger partial charge >= 0.3 is 0 Å². The predicted molar refractivity (Wildman–Crippen MR) is 76.5 cm³/mol. The summed E-state index contributed by atoms with van der Waals surface area (Å²) in [5, 5.41) is 28.7. The van der Waals surface area contributed by atoms with E-state index < -0.39 is 11.5 Å². The highest BCUT2D eigenvalue weighted by Crippen LogP contribution is 2.29. The van der Waals surface area contributed by atoms with Crippen LogP contribution in [0.5, 0.6) is 0 Å². The van der Waals surface area contributed by atoms with Gasteiger partial charge in [0.15, 0.2) is 5.76 Å². The Balaban J connectivity index is 2.29. The lowest BCUT2D eigenvalue weighted by molar-refractivity contribution is 0.155. The SMILES string of the molecule is N#Cc1c(C2=CC=C(O)C(O)C2)oc2ccccc2c1=O. The second-order valence-corrected chi connectivity index (χ2v) is 4.75. The fraction of sp³-hybridized carbons (Fsp3) is 0.125. The van der Waals surface area contributed by atoms with Crippen molar-refractivity contribution in [3.63, 3.8) is 0 Å². The van der Waals surface area contributed by atoms with Crippen LogP contribution in [0.3, 0.4) is 0 Å². The van der Waals surface area contributed by atoms with Gasteiger partial charge in [-0.15, -0.1) is 0 Å². The van der Waals surface area contributed by atoms with E-state index in [1.54, 1.807) is 24.3 Å². The second kappa shape index (κ2) is 4.93. The minimum Gasteiger partial charge on any atom is -0.510 e. The van der Waals surface area contributed by atoms with Crippen LogP contribution >= 0.6 is 0 Å². The number of nitrogens with zero attached hydrogens (tertiary/aromatic N) is 1. The average molecular weight is 281 g/mol. The standard InChI is InChI=1S/C16H11NO4/c17-8-11-15(20)10-3-1-2-4-14(10)21-16(11)9-5-6-12(18)13(19)7-9/h1-6,13,18-19H,7H2. The van der Waals surface area contributed by atoms with Crippen molar-refractivity contribution in [2.75, 3.05) is 0 Å². The van der Waals surface area contributed by atoms with Gasteiger partial charge in [-0.3, -0.25) is 4.79 Å². The van der Waals surface area contributed by atoms with Crippen LogP contribution in [0.1, 0.15) is 17.7 Å². The van der Waals surface area contributed by atoms with Crippen LogP contribution in [0.2, 0.25) is 0 Å². The molecule has 0 bridgehead atoms. The molecule has 5 nitrogen and oxygen atoms in total. The van der Waals surface area contributed by atoms with Crippen LogP contribution in [0.25, 0.3) is 16.5 Å². The van der Waals surface area contributed by atoms with Gasteiger partial charge in [0.1, 0.15) is 29.1 Å². The fourth-order valence-electron chi connectivity index (χ4n) is 2.32. The molecule has 1 heterocycles. The Hall–Kier alpha value is -2.84. The molecule has 104 valence electrons. The van der Waals surface area contributed by atoms with Gasteiger partial charge in [0, 0.05) is 6.42 Å². The van der Waals surface area contributed by atoms with Gasteiger partial charge in [-0.1, -0.05) is 18.2 Å². The van der Waals surface area contributed by atoms with Crippen molar-refractivity contribution in [1.82, 2.24) is 0 Å². The van der Waals surface area contributed by atoms with Crippen molar-refractivity contribution in [3.8, 4) is 6.07 Å². The Morgan fingerprint density at radius 3 is 2.76 bits per heavy atom. The number of hydrogen-bond donors (Lipinski definition) is 2. The van der Waals surface area contributed by atoms with Gasteiger partial charge < -0.3 is 14.6 Å². The van der Waals surface area contributed by atoms with E-state index in [2.05, 4.69) is 0 Å². The summed E-state index contributed by atoms with van der Waals surface area (Å²) in [5.41, 5.74) is 0.385. The molecule has 0 saturated carbocycles. The third-order valence-corrected chi connectivity index (χ3v) is 3.41. The molecule has 3 rings (SSSR count). The highest BCUT2D eigenvalue weighted by Gasteiger charge is 2.23. The maximum Gasteiger partial charge on any atom is 0.211 e. The first kappa shape index (κ1) is 13.2. The molecule has 1 aliphatic rings. The largest absolute Gasteiger partial charge is 0.510 e. The van der Waals surface area contributed by atoms with Gasteiger partial charge in [-0.2, -0.15) is 5.26 Å². The first-order chi connectivity index (χ1) is 10.1. The summed E-state index contributed by atoms with van der Waals surface area (Å²) in [6.45, 7) is 0. The summed E-state index contributed by atoms with van der Waals surface area (Å²) < 4.78 is 5.67. The molecule has 0 spiro atoms. The Bertz CT molecular complexity index is 883. The Morgan fingerprint density at radius 1 is 1.29 bits per heavy atom. The van der Waals surface area contributed by atoms with E-state index in [1.807, 2.05) is 6.07 Å². The molecule has 2 N–H and O–H groups in total. The normalized spacial score (nSPS) is 18.0. The maximum atomic E-state index is 12.3. The molecule has 0 saturated heterocycles. The monoisotopic (exact) mass is 281 g/mol. The molecule has 1 aromatic heterocycles. The van der Waals surface area contributed by atoms with E-state index in [4.69, 9.17) is 4.42 Å². The van der Waals surface area contributed by atoms with Crippen molar-refractivity contribution >= 4 is 16.5 Å². The van der Waals surface area contributed by atoms with E-state index in [1.165, 1.54) is 12.2 Å². The van der Waals surface area contributed by atoms with E-state index in [-0.39, 0.29) is 23.5 Å². The molecular weight excluding hydrogens is 270 g/mol. The zero-order chi connectivity index (χ0) is 15.0. The number of aliphatic hydroxyl groups excluding tert-OH is 2. The molecule has 0 amide bonds. The van der Waals surface area contributed by atoms with Crippen LogP contribution < -0.4 is 5.43 Å². The molecule has 1 aromatic carbocycles. The molecule has 0 fully saturated rings. The van der Waals surface area contributed by atoms with E-state index in [0.717, 1.165) is 0 Å². The van der Waals surface area contributed by atoms with Crippen molar-refractivity contribution in [2.24, 2.45) is 0 Å². The van der Waals surface area contributed by atoms with Crippen LogP contribution in [-0.2, 0) is 0 Å². The number of nitriles is 1. The van der Waals surface area contributed by atoms with Crippen molar-refractivity contribution in [3.05, 3.63) is 63.7 Å². The number of para-hydroxylation sites is 1. The highest BCUT2D eigenvalue weighted by molar-refractivity contribution is 5.81. The summed E-state index contributed by atoms with van der Waals surface area (Å²) in [7, 11) is 0. The summed E-state index contributed by atoms with van der Waals surface area (Å²) in [4.78, 5) is 12.3. The molecule has 5 heteroatoms. The summed E-state index contributed by atoms with van der Waals surface area (Å²) >= 11 is 0. The molecule has 1 unspecified atom stereocenters. The van der Waals surface area contributed by atoms with E-state index in [0.29, 0.717) is 16.5 Å². The van der Waals surface area contributed by atoms with Crippen LogP contribution in [0.15, 0.2) is 51.4 Å². The van der Waals surface area contributed by atoms with Gasteiger partial charge in [-0.05, 0) is 23.8 Å². The number of hydrogen-bond acceptors (Lipinski definition) is 5. The van der Waals surface area contributed by atoms with E-state index >= 15 is 0 Å². The van der Waals surface area contributed by atoms with Crippen LogP contribution in [0.4, 0.5) is 0 Å². The smallest absolute Gasteiger partial charge is 0.211 e. The molecule has 1 aliphatic carbocycles. The molecule has 0 aliphatic heterocycles. The molecule has 21 heavy (non-hydrogen) atoms. The van der Waals surface area contributed by atoms with Gasteiger partial charge in [0.05, 0.1) is 5.39 Å². The average Bonchev–Trinajstić information content (AvgIpc) is 2.50. The third kappa shape index (κ3) is 2.12. The predicted octanol–water partition coefficient (Wildman–Crippen LogP) is 2.25. The van der Waals surface area contributed by atoms with Gasteiger partial charge in [-0.25, -0.2) is 0 Å². The highest BCUT2D eigenvalue weighted by atomic mass is 16.3. The Morgan fingerprint density at radius 2 is 2.05 bits per heavy atom. The van der Waals surface area contributed by atoms with Gasteiger partial charge in [0.25, 0.3) is 0 Å². The summed E-state index contributed by atoms with van der Waals surface area (Å²) in [5.74, 6) is -0.00982. The van der Waals surface area contributed by atoms with Crippen LogP contribution in [-0.4, -0.2) is 16.3 Å². The molecule has 2 aromatic rings. The van der Waals surface area contributed by atoms with Crippen molar-refractivity contribution in [1.29, 1.82) is 5.26 Å². The minimum absolute atomic E-state index is 0.0816. The number of allylic oxidation sites excluding steroid dienone is 2. The zero-order valence-electron chi connectivity index (χ0n) is 10.9. The van der Waals surface area contributed by atoms with Crippen molar-refractivity contribution < 1.29 is 14.6 Å². The molecular formula is C16H11NO4. The molecule has 1 atom stereocenters. The number of fused-ring (bicyclic) bond motifs is 1. The maximum absolute atomic E-state index is 12.3. The minimum atomic E-state index is -1.06. The lowest BCUT2D eigenvalue weighted by Gasteiger charge is -2.17. The number of aliphatic hydroxyl groups is 2. The third-order valence-electron chi connectivity index (χ3n) is 3.41. The summed E-state index contributed by atoms with van der Waals surface area (Å²) in [6, 6.07) is 8.55. The summed E-state index contributed by atoms with van der Waals surface area (Å²) in [6.07, 6.45) is 1.89. The lowest BCUT2D eigenvalue weighted by Crippen LogP contribution is -2.16. The fourth-order valence-corrected chi connectivity index (χ4v) is 2.32. The van der Waals surface area contributed by atoms with Gasteiger partial charge in [0.2, 0.25) is 5.43 Å². The first-order valence-electron chi connectivity index (χ1n) is 6.36. The topological polar surface area (TPSA) is 94.5 Å². The molecule has 0 radical (unpaired) electrons. The Kier molecular flexibility index (Phi) is 3.09. The second-order valence-electron chi connectivity index (χ2n) is 4.75. The number of benzene rings is 1. The zero-order valence-corrected chi connectivity index (χ0v) is 10.9. The van der Waals surface area contributed by atoms with E-state index in [9.17, 15) is 20.3 Å². The first-order valence-corrected chi connectivity index (χ1v) is 6.36. The van der Waals surface area contributed by atoms with Crippen molar-refractivity contribution in [2.45, 2.75) is 12.5 Å². The Labute approximate surface area is 119 Å².